The van der Waals surface area contributed by atoms with Gasteiger partial charge in [0.1, 0.15) is 0 Å². The zero-order chi connectivity index (χ0) is 12.3. The van der Waals surface area contributed by atoms with Crippen molar-refractivity contribution >= 4 is 22.2 Å². The zero-order valence-electron chi connectivity index (χ0n) is 8.41. The third kappa shape index (κ3) is 3.18. The minimum Gasteiger partial charge on any atom is -0.478 e. The van der Waals surface area contributed by atoms with E-state index in [2.05, 4.69) is 0 Å². The minimum atomic E-state index is -4.20. The first-order valence-electron chi connectivity index (χ1n) is 4.30. The number of carbonyl (C=O) groups is 1. The molecule has 1 aromatic carbocycles. The topological polar surface area (TPSA) is 91.7 Å². The van der Waals surface area contributed by atoms with Crippen molar-refractivity contribution in [2.75, 3.05) is 0 Å². The Kier molecular flexibility index (Phi) is 3.46. The fraction of sp³-hybridized carbons (Fsp3) is 0.100. The summed E-state index contributed by atoms with van der Waals surface area (Å²) in [5, 5.41) is 8.62. The molecule has 0 aliphatic heterocycles. The molecule has 0 heterocycles. The normalized spacial score (nSPS) is 12.5. The highest BCUT2D eigenvalue weighted by Crippen LogP contribution is 2.12. The van der Waals surface area contributed by atoms with Gasteiger partial charge in [-0.25, -0.2) is 4.79 Å². The van der Waals surface area contributed by atoms with E-state index in [4.69, 9.17) is 9.66 Å². The van der Waals surface area contributed by atoms with Gasteiger partial charge in [-0.05, 0) is 30.7 Å². The molecule has 16 heavy (non-hydrogen) atoms. The van der Waals surface area contributed by atoms with E-state index in [1.807, 2.05) is 0 Å². The van der Waals surface area contributed by atoms with E-state index in [1.54, 1.807) is 0 Å². The fourth-order valence-corrected chi connectivity index (χ4v) is 1.53. The molecular weight excluding hydrogens is 232 g/mol. The van der Waals surface area contributed by atoms with Gasteiger partial charge < -0.3 is 5.11 Å². The Bertz CT molecular complexity index is 525. The van der Waals surface area contributed by atoms with Crippen molar-refractivity contribution in [1.82, 2.24) is 0 Å². The molecule has 5 nitrogen and oxygen atoms in total. The number of benzene rings is 1. The smallest absolute Gasteiger partial charge is 0.331 e. The van der Waals surface area contributed by atoms with Gasteiger partial charge in [-0.3, -0.25) is 4.55 Å². The number of carboxylic acids is 1. The van der Waals surface area contributed by atoms with Crippen LogP contribution < -0.4 is 0 Å². The molecule has 2 N–H and O–H groups in total. The van der Waals surface area contributed by atoms with Crippen molar-refractivity contribution in [2.45, 2.75) is 11.8 Å². The van der Waals surface area contributed by atoms with E-state index < -0.39 is 16.1 Å². The van der Waals surface area contributed by atoms with Gasteiger partial charge >= 0.3 is 5.97 Å². The average Bonchev–Trinajstić information content (AvgIpc) is 2.17. The van der Waals surface area contributed by atoms with Gasteiger partial charge in [-0.1, -0.05) is 12.1 Å². The SMILES string of the molecule is CC(=Cc1ccc(S(=O)(=O)O)cc1)C(=O)O. The molecule has 1 aromatic rings. The van der Waals surface area contributed by atoms with Gasteiger partial charge in [0.15, 0.2) is 0 Å². The maximum atomic E-state index is 10.7. The van der Waals surface area contributed by atoms with Crippen LogP contribution in [0.1, 0.15) is 12.5 Å². The maximum Gasteiger partial charge on any atom is 0.331 e. The van der Waals surface area contributed by atoms with Crippen molar-refractivity contribution in [2.24, 2.45) is 0 Å². The molecule has 0 saturated heterocycles. The van der Waals surface area contributed by atoms with Crippen LogP contribution in [0.4, 0.5) is 0 Å². The summed E-state index contributed by atoms with van der Waals surface area (Å²) in [5.41, 5.74) is 0.687. The number of hydrogen-bond donors (Lipinski definition) is 2. The Labute approximate surface area is 92.8 Å². The Balaban J connectivity index is 3.06. The van der Waals surface area contributed by atoms with Crippen molar-refractivity contribution < 1.29 is 22.9 Å². The van der Waals surface area contributed by atoms with E-state index in [1.165, 1.54) is 37.3 Å². The Hall–Kier alpha value is -1.66. The largest absolute Gasteiger partial charge is 0.478 e. The lowest BCUT2D eigenvalue weighted by Gasteiger charge is -1.98. The van der Waals surface area contributed by atoms with Crippen LogP contribution in [0.3, 0.4) is 0 Å². The molecule has 86 valence electrons. The van der Waals surface area contributed by atoms with Gasteiger partial charge in [0.2, 0.25) is 0 Å². The molecule has 0 saturated carbocycles. The second kappa shape index (κ2) is 4.46. The minimum absolute atomic E-state index is 0.139. The fourth-order valence-electron chi connectivity index (χ4n) is 1.05. The van der Waals surface area contributed by atoms with Crippen LogP contribution in [-0.2, 0) is 14.9 Å². The monoisotopic (exact) mass is 242 g/mol. The van der Waals surface area contributed by atoms with E-state index in [9.17, 15) is 13.2 Å². The third-order valence-electron chi connectivity index (χ3n) is 1.90. The molecule has 0 fully saturated rings. The summed E-state index contributed by atoms with van der Waals surface area (Å²) in [6, 6.07) is 5.23. The molecule has 0 unspecified atom stereocenters. The van der Waals surface area contributed by atoms with Crippen LogP contribution in [0, 0.1) is 0 Å². The Morgan fingerprint density at radius 2 is 1.75 bits per heavy atom. The highest BCUT2D eigenvalue weighted by molar-refractivity contribution is 7.85. The molecule has 0 aliphatic carbocycles. The summed E-state index contributed by atoms with van der Waals surface area (Å²) in [5.74, 6) is -1.04. The first-order valence-corrected chi connectivity index (χ1v) is 5.74. The summed E-state index contributed by atoms with van der Waals surface area (Å²) in [6.07, 6.45) is 1.40. The maximum absolute atomic E-state index is 10.7. The second-order valence-corrected chi connectivity index (χ2v) is 4.60. The van der Waals surface area contributed by atoms with Gasteiger partial charge in [0.25, 0.3) is 10.1 Å². The van der Waals surface area contributed by atoms with Crippen LogP contribution in [-0.4, -0.2) is 24.0 Å². The molecule has 0 aromatic heterocycles. The summed E-state index contributed by atoms with van der Waals surface area (Å²) in [4.78, 5) is 10.3. The number of aliphatic carboxylic acids is 1. The second-order valence-electron chi connectivity index (χ2n) is 3.18. The van der Waals surface area contributed by atoms with E-state index in [-0.39, 0.29) is 10.5 Å². The van der Waals surface area contributed by atoms with Crippen molar-refractivity contribution in [3.05, 3.63) is 35.4 Å². The molecule has 1 rings (SSSR count). The Morgan fingerprint density at radius 1 is 1.25 bits per heavy atom. The molecule has 0 bridgehead atoms. The van der Waals surface area contributed by atoms with Crippen LogP contribution in [0.5, 0.6) is 0 Å². The van der Waals surface area contributed by atoms with E-state index >= 15 is 0 Å². The van der Waals surface area contributed by atoms with Gasteiger partial charge in [0.05, 0.1) is 4.90 Å². The number of rotatable bonds is 3. The van der Waals surface area contributed by atoms with Gasteiger partial charge in [-0.15, -0.1) is 0 Å². The highest BCUT2D eigenvalue weighted by atomic mass is 32.2. The number of carboxylic acid groups (broad SMARTS) is 1. The molecule has 0 radical (unpaired) electrons. The summed E-state index contributed by atoms with van der Waals surface area (Å²) in [7, 11) is -4.20. The quantitative estimate of drug-likeness (QED) is 0.617. The summed E-state index contributed by atoms with van der Waals surface area (Å²) < 4.78 is 30.2. The average molecular weight is 242 g/mol. The first-order chi connectivity index (χ1) is 7.30. The van der Waals surface area contributed by atoms with Crippen LogP contribution in [0.15, 0.2) is 34.7 Å². The predicted octanol–water partition coefficient (Wildman–Crippen LogP) is 1.42. The Morgan fingerprint density at radius 3 is 2.12 bits per heavy atom. The van der Waals surface area contributed by atoms with Crippen molar-refractivity contribution in [1.29, 1.82) is 0 Å². The lowest BCUT2D eigenvalue weighted by molar-refractivity contribution is -0.132. The van der Waals surface area contributed by atoms with Gasteiger partial charge in [0, 0.05) is 5.57 Å². The van der Waals surface area contributed by atoms with Crippen molar-refractivity contribution in [3.8, 4) is 0 Å². The molecule has 0 atom stereocenters. The molecule has 0 amide bonds. The van der Waals surface area contributed by atoms with Crippen molar-refractivity contribution in [3.63, 3.8) is 0 Å². The van der Waals surface area contributed by atoms with Crippen LogP contribution in [0.2, 0.25) is 0 Å². The van der Waals surface area contributed by atoms with Crippen LogP contribution in [0.25, 0.3) is 6.08 Å². The predicted molar refractivity (Wildman–Crippen MR) is 57.5 cm³/mol. The molecule has 0 spiro atoms. The summed E-state index contributed by atoms with van der Waals surface area (Å²) in [6.45, 7) is 1.43. The lowest BCUT2D eigenvalue weighted by atomic mass is 10.1. The molecule has 0 aliphatic rings. The number of hydrogen-bond acceptors (Lipinski definition) is 3. The van der Waals surface area contributed by atoms with Gasteiger partial charge in [-0.2, -0.15) is 8.42 Å². The third-order valence-corrected chi connectivity index (χ3v) is 2.77. The lowest BCUT2D eigenvalue weighted by Crippen LogP contribution is -1.98. The first kappa shape index (κ1) is 12.4. The standard InChI is InChI=1S/C10H10O5S/c1-7(10(11)12)6-8-2-4-9(5-3-8)16(13,14)15/h2-6H,1H3,(H,11,12)(H,13,14,15). The highest BCUT2D eigenvalue weighted by Gasteiger charge is 2.08. The zero-order valence-corrected chi connectivity index (χ0v) is 9.23. The van der Waals surface area contributed by atoms with Crippen LogP contribution >= 0.6 is 0 Å². The summed E-state index contributed by atoms with van der Waals surface area (Å²) >= 11 is 0. The van der Waals surface area contributed by atoms with E-state index in [0.717, 1.165) is 0 Å². The molecule has 6 heteroatoms. The molecular formula is C10H10O5S. The van der Waals surface area contributed by atoms with E-state index in [0.29, 0.717) is 5.56 Å².